The fourth-order valence-corrected chi connectivity index (χ4v) is 2.43. The lowest BCUT2D eigenvalue weighted by Crippen LogP contribution is -2.27. The van der Waals surface area contributed by atoms with Crippen molar-refractivity contribution in [3.8, 4) is 0 Å². The van der Waals surface area contributed by atoms with Crippen molar-refractivity contribution in [1.29, 1.82) is 0 Å². The number of hydrogen-bond donors (Lipinski definition) is 0. The zero-order valence-corrected chi connectivity index (χ0v) is 11.9. The lowest BCUT2D eigenvalue weighted by atomic mass is 10.1. The zero-order valence-electron chi connectivity index (χ0n) is 11.9. The number of non-ortho nitro benzene ring substituents is 1. The molecule has 0 unspecified atom stereocenters. The Bertz CT molecular complexity index is 784. The highest BCUT2D eigenvalue weighted by atomic mass is 16.6. The molecule has 0 aliphatic carbocycles. The van der Waals surface area contributed by atoms with E-state index in [-0.39, 0.29) is 18.1 Å². The van der Waals surface area contributed by atoms with E-state index in [0.717, 1.165) is 5.56 Å². The van der Waals surface area contributed by atoms with Crippen LogP contribution in [0.4, 0.5) is 11.4 Å². The molecule has 0 saturated carbocycles. The third-order valence-corrected chi connectivity index (χ3v) is 3.60. The maximum atomic E-state index is 12.1. The first-order chi connectivity index (χ1) is 10.6. The normalized spacial score (nSPS) is 14.1. The van der Waals surface area contributed by atoms with Crippen molar-refractivity contribution < 1.29 is 9.72 Å². The molecule has 0 atom stereocenters. The van der Waals surface area contributed by atoms with Gasteiger partial charge in [-0.1, -0.05) is 30.3 Å². The lowest BCUT2D eigenvalue weighted by Gasteiger charge is -2.17. The topological polar surface area (TPSA) is 75.8 Å². The fourth-order valence-electron chi connectivity index (χ4n) is 2.43. The average Bonchev–Trinajstić information content (AvgIpc) is 2.66. The number of fused-ring (bicyclic) bond motifs is 1. The van der Waals surface area contributed by atoms with E-state index in [1.807, 2.05) is 30.3 Å². The monoisotopic (exact) mass is 301 g/mol. The molecule has 0 spiro atoms. The quantitative estimate of drug-likeness (QED) is 0.631. The van der Waals surface area contributed by atoms with Crippen molar-refractivity contribution in [1.82, 2.24) is 0 Å². The number of rotatable bonds is 2. The second kappa shape index (κ2) is 5.40. The molecule has 0 N–H and O–H groups in total. The predicted octanol–water partition coefficient (Wildman–Crippen LogP) is 2.41. The van der Waals surface area contributed by atoms with Gasteiger partial charge in [0.25, 0.3) is 5.69 Å². The highest BCUT2D eigenvalue weighted by molar-refractivity contribution is 6.19. The molecular formula is C16H13N3O3. The number of nitro groups is 1. The molecule has 0 bridgehead atoms. The van der Waals surface area contributed by atoms with Crippen LogP contribution in [0, 0.1) is 10.1 Å². The van der Waals surface area contributed by atoms with Crippen molar-refractivity contribution >= 4 is 23.0 Å². The van der Waals surface area contributed by atoms with Crippen LogP contribution in [0.15, 0.2) is 53.5 Å². The molecule has 3 rings (SSSR count). The summed E-state index contributed by atoms with van der Waals surface area (Å²) in [4.78, 5) is 28.5. The third-order valence-electron chi connectivity index (χ3n) is 3.60. The second-order valence-electron chi connectivity index (χ2n) is 4.94. The van der Waals surface area contributed by atoms with Gasteiger partial charge in [0.1, 0.15) is 6.54 Å². The van der Waals surface area contributed by atoms with Crippen molar-refractivity contribution in [3.63, 3.8) is 0 Å². The van der Waals surface area contributed by atoms with Crippen LogP contribution in [-0.2, 0) is 4.79 Å². The van der Waals surface area contributed by atoms with E-state index in [9.17, 15) is 14.9 Å². The minimum atomic E-state index is -0.449. The first-order valence-electron chi connectivity index (χ1n) is 6.73. The Morgan fingerprint density at radius 3 is 2.59 bits per heavy atom. The number of benzene rings is 2. The van der Waals surface area contributed by atoms with Gasteiger partial charge >= 0.3 is 0 Å². The Morgan fingerprint density at radius 2 is 1.91 bits per heavy atom. The second-order valence-corrected chi connectivity index (χ2v) is 4.94. The van der Waals surface area contributed by atoms with E-state index >= 15 is 0 Å². The van der Waals surface area contributed by atoms with E-state index in [2.05, 4.69) is 4.99 Å². The zero-order chi connectivity index (χ0) is 15.7. The SMILES string of the molecule is CN1C(=O)CN=C([13c]2[13cH][13cH][13cH][13cH][13cH]2)c2cc([N+](=O)[O-])ccc21. The molecule has 2 aromatic carbocycles. The maximum Gasteiger partial charge on any atom is 0.270 e. The van der Waals surface area contributed by atoms with Crippen LogP contribution in [0.5, 0.6) is 0 Å². The van der Waals surface area contributed by atoms with Gasteiger partial charge in [0.05, 0.1) is 16.3 Å². The van der Waals surface area contributed by atoms with Gasteiger partial charge in [-0.2, -0.15) is 0 Å². The van der Waals surface area contributed by atoms with Crippen LogP contribution in [-0.4, -0.2) is 30.1 Å². The number of hydrogen-bond acceptors (Lipinski definition) is 4. The summed E-state index contributed by atoms with van der Waals surface area (Å²) in [5.41, 5.74) is 2.61. The summed E-state index contributed by atoms with van der Waals surface area (Å²) in [6.45, 7) is 0.0171. The van der Waals surface area contributed by atoms with Gasteiger partial charge < -0.3 is 4.90 Å². The number of aliphatic imine (C=N–C) groups is 1. The van der Waals surface area contributed by atoms with E-state index in [4.69, 9.17) is 0 Å². The summed E-state index contributed by atoms with van der Waals surface area (Å²) < 4.78 is 0. The summed E-state index contributed by atoms with van der Waals surface area (Å²) in [6, 6.07) is 13.8. The number of nitrogens with zero attached hydrogens (tertiary/aromatic N) is 3. The van der Waals surface area contributed by atoms with E-state index < -0.39 is 4.92 Å². The largest absolute Gasteiger partial charge is 0.313 e. The van der Waals surface area contributed by atoms with Gasteiger partial charge in [0, 0.05) is 30.3 Å². The van der Waals surface area contributed by atoms with Crippen LogP contribution in [0.25, 0.3) is 0 Å². The minimum absolute atomic E-state index is 0.0171. The Balaban J connectivity index is 2.24. The van der Waals surface area contributed by atoms with Gasteiger partial charge in [0.2, 0.25) is 5.91 Å². The molecule has 1 aliphatic heterocycles. The van der Waals surface area contributed by atoms with Crippen molar-refractivity contribution in [2.75, 3.05) is 18.5 Å². The van der Waals surface area contributed by atoms with Gasteiger partial charge in [-0.25, -0.2) is 0 Å². The molecule has 0 radical (unpaired) electrons. The summed E-state index contributed by atoms with van der Waals surface area (Å²) >= 11 is 0. The molecule has 2 aromatic rings. The van der Waals surface area contributed by atoms with Crippen molar-refractivity contribution in [3.05, 3.63) is 69.8 Å². The summed E-state index contributed by atoms with van der Waals surface area (Å²) in [7, 11) is 1.65. The molecule has 0 saturated heterocycles. The predicted molar refractivity (Wildman–Crippen MR) is 83.5 cm³/mol. The highest BCUT2D eigenvalue weighted by Crippen LogP contribution is 2.29. The molecule has 1 heterocycles. The fraction of sp³-hybridized carbons (Fsp3) is 0.125. The highest BCUT2D eigenvalue weighted by Gasteiger charge is 2.24. The van der Waals surface area contributed by atoms with Gasteiger partial charge in [-0.15, -0.1) is 0 Å². The summed E-state index contributed by atoms with van der Waals surface area (Å²) in [6.07, 6.45) is 0. The van der Waals surface area contributed by atoms with E-state index in [1.165, 1.54) is 17.0 Å². The first-order valence-corrected chi connectivity index (χ1v) is 6.73. The number of nitro benzene ring substituents is 1. The maximum absolute atomic E-state index is 12.1. The molecule has 0 fully saturated rings. The number of amides is 1. The molecule has 1 amide bonds. The Morgan fingerprint density at radius 1 is 1.18 bits per heavy atom. The molecule has 0 aromatic heterocycles. The van der Waals surface area contributed by atoms with Crippen LogP contribution < -0.4 is 4.90 Å². The number of benzodiazepines with no additional fused rings is 1. The molecular weight excluding hydrogens is 288 g/mol. The number of carbonyl (C=O) groups excluding carboxylic acids is 1. The standard InChI is InChI=1S/C16H13N3O3/c1-18-14-8-7-12(19(21)22)9-13(14)16(17-10-15(18)20)11-5-3-2-4-6-11/h2-9H,10H2,1H3/i2+1,3+1,4+1,5+1,6+1,11+1. The molecule has 110 valence electrons. The summed E-state index contributed by atoms with van der Waals surface area (Å²) in [5.74, 6) is -0.152. The van der Waals surface area contributed by atoms with Crippen molar-refractivity contribution in [2.24, 2.45) is 4.99 Å². The number of anilines is 1. The Labute approximate surface area is 126 Å². The number of likely N-dealkylation sites (N-methyl/N-ethyl adjacent to an activating group) is 1. The van der Waals surface area contributed by atoms with Crippen LogP contribution in [0.3, 0.4) is 0 Å². The van der Waals surface area contributed by atoms with E-state index in [1.54, 1.807) is 13.1 Å². The first kappa shape index (κ1) is 13.9. The summed E-state index contributed by atoms with van der Waals surface area (Å²) in [5, 5.41) is 11.0. The van der Waals surface area contributed by atoms with Crippen LogP contribution in [0.1, 0.15) is 11.1 Å². The van der Waals surface area contributed by atoms with Gasteiger partial charge in [-0.3, -0.25) is 19.9 Å². The van der Waals surface area contributed by atoms with Crippen LogP contribution >= 0.6 is 0 Å². The Kier molecular flexibility index (Phi) is 3.42. The third kappa shape index (κ3) is 2.35. The lowest BCUT2D eigenvalue weighted by molar-refractivity contribution is -0.384. The minimum Gasteiger partial charge on any atom is -0.313 e. The van der Waals surface area contributed by atoms with Gasteiger partial charge in [-0.05, 0) is 6.07 Å². The average molecular weight is 301 g/mol. The number of carbonyl (C=O) groups is 1. The van der Waals surface area contributed by atoms with E-state index in [0.29, 0.717) is 17.0 Å². The van der Waals surface area contributed by atoms with Gasteiger partial charge in [0.15, 0.2) is 0 Å². The smallest absolute Gasteiger partial charge is 0.270 e. The van der Waals surface area contributed by atoms with Crippen LogP contribution in [0.2, 0.25) is 0 Å². The molecule has 6 nitrogen and oxygen atoms in total. The Hall–Kier alpha value is -3.02. The van der Waals surface area contributed by atoms with Crippen molar-refractivity contribution in [2.45, 2.75) is 0 Å². The molecule has 1 aliphatic rings. The molecule has 6 heteroatoms. The molecule has 22 heavy (non-hydrogen) atoms.